The number of nitrogens with one attached hydrogen (secondary N) is 1. The highest BCUT2D eigenvalue weighted by Gasteiger charge is 2.11. The third kappa shape index (κ3) is 3.50. The van der Waals surface area contributed by atoms with Crippen molar-refractivity contribution in [1.29, 1.82) is 0 Å². The molecule has 0 fully saturated rings. The molecule has 0 aliphatic carbocycles. The number of amides is 1. The molecule has 1 aromatic rings. The van der Waals surface area contributed by atoms with Crippen LogP contribution in [0.1, 0.15) is 19.4 Å². The largest absolute Gasteiger partial charge is 0.325 e. The number of carbonyl (C=O) groups excluding carboxylic acids is 1. The van der Waals surface area contributed by atoms with Crippen molar-refractivity contribution in [1.82, 2.24) is 0 Å². The molecule has 0 bridgehead atoms. The van der Waals surface area contributed by atoms with Crippen LogP contribution in [0.25, 0.3) is 0 Å². The van der Waals surface area contributed by atoms with Gasteiger partial charge in [-0.05, 0) is 37.1 Å². The van der Waals surface area contributed by atoms with Crippen LogP contribution < -0.4 is 5.32 Å². The first kappa shape index (κ1) is 12.5. The third-order valence-electron chi connectivity index (χ3n) is 2.07. The number of halogens is 2. The smallest absolute Gasteiger partial charge is 0.242 e. The summed E-state index contributed by atoms with van der Waals surface area (Å²) in [5.74, 6) is -0.173. The highest BCUT2D eigenvalue weighted by molar-refractivity contribution is 9.10. The summed E-state index contributed by atoms with van der Waals surface area (Å²) in [5.41, 5.74) is 1.92. The highest BCUT2D eigenvalue weighted by Crippen LogP contribution is 2.21. The van der Waals surface area contributed by atoms with Gasteiger partial charge in [0, 0.05) is 10.2 Å². The molecule has 4 heteroatoms. The van der Waals surface area contributed by atoms with E-state index in [-0.39, 0.29) is 5.91 Å². The Labute approximate surface area is 103 Å². The van der Waals surface area contributed by atoms with Crippen LogP contribution in [-0.2, 0) is 11.2 Å². The van der Waals surface area contributed by atoms with Crippen LogP contribution in [0.4, 0.5) is 5.69 Å². The number of hydrogen-bond acceptors (Lipinski definition) is 1. The molecule has 0 spiro atoms. The molecule has 0 aliphatic heterocycles. The third-order valence-corrected chi connectivity index (χ3v) is 2.76. The van der Waals surface area contributed by atoms with Crippen molar-refractivity contribution in [2.45, 2.75) is 25.6 Å². The van der Waals surface area contributed by atoms with E-state index in [4.69, 9.17) is 11.6 Å². The Kier molecular flexibility index (Phi) is 4.61. The van der Waals surface area contributed by atoms with E-state index in [2.05, 4.69) is 21.2 Å². The first-order valence-corrected chi connectivity index (χ1v) is 6.01. The monoisotopic (exact) mass is 289 g/mol. The Morgan fingerprint density at radius 2 is 2.27 bits per heavy atom. The molecule has 0 saturated carbocycles. The summed E-state index contributed by atoms with van der Waals surface area (Å²) in [6.07, 6.45) is 0.867. The van der Waals surface area contributed by atoms with Crippen LogP contribution in [0, 0.1) is 0 Å². The average Bonchev–Trinajstić information content (AvgIpc) is 2.20. The van der Waals surface area contributed by atoms with Crippen molar-refractivity contribution in [3.63, 3.8) is 0 Å². The Morgan fingerprint density at radius 1 is 1.60 bits per heavy atom. The number of alkyl halides is 1. The molecular formula is C11H13BrClNO. The lowest BCUT2D eigenvalue weighted by molar-refractivity contribution is -0.115. The second-order valence-corrected chi connectivity index (χ2v) is 4.83. The van der Waals surface area contributed by atoms with Crippen LogP contribution >= 0.6 is 27.5 Å². The summed E-state index contributed by atoms with van der Waals surface area (Å²) in [4.78, 5) is 11.4. The molecule has 1 atom stereocenters. The zero-order valence-corrected chi connectivity index (χ0v) is 11.0. The van der Waals surface area contributed by atoms with Gasteiger partial charge in [0.05, 0.1) is 0 Å². The van der Waals surface area contributed by atoms with Gasteiger partial charge in [0.15, 0.2) is 0 Å². The molecule has 0 aromatic heterocycles. The summed E-state index contributed by atoms with van der Waals surface area (Å²) in [5, 5.41) is 2.28. The van der Waals surface area contributed by atoms with E-state index in [1.54, 1.807) is 6.92 Å². The molecule has 0 radical (unpaired) electrons. The summed E-state index contributed by atoms with van der Waals surface area (Å²) >= 11 is 9.08. The van der Waals surface area contributed by atoms with Crippen molar-refractivity contribution in [3.05, 3.63) is 28.2 Å². The normalized spacial score (nSPS) is 12.3. The molecule has 82 valence electrons. The number of carbonyl (C=O) groups is 1. The predicted molar refractivity (Wildman–Crippen MR) is 67.5 cm³/mol. The van der Waals surface area contributed by atoms with E-state index >= 15 is 0 Å². The van der Waals surface area contributed by atoms with Gasteiger partial charge in [0.2, 0.25) is 5.91 Å². The number of benzene rings is 1. The number of aryl methyl sites for hydroxylation is 1. The van der Waals surface area contributed by atoms with Crippen molar-refractivity contribution in [3.8, 4) is 0 Å². The molecule has 1 amide bonds. The predicted octanol–water partition coefficient (Wildman–Crippen LogP) is 3.58. The molecule has 0 heterocycles. The fraction of sp³-hybridized carbons (Fsp3) is 0.364. The SMILES string of the molecule is CCc1cc(Br)ccc1NC(=O)[C@@H](C)Cl. The molecular weight excluding hydrogens is 277 g/mol. The molecule has 0 aliphatic rings. The van der Waals surface area contributed by atoms with Crippen molar-refractivity contribution < 1.29 is 4.79 Å². The molecule has 1 rings (SSSR count). The van der Waals surface area contributed by atoms with Crippen LogP contribution in [0.5, 0.6) is 0 Å². The minimum absolute atomic E-state index is 0.173. The van der Waals surface area contributed by atoms with Gasteiger partial charge in [-0.15, -0.1) is 11.6 Å². The first-order chi connectivity index (χ1) is 7.04. The van der Waals surface area contributed by atoms with Gasteiger partial charge >= 0.3 is 0 Å². The Bertz CT molecular complexity index is 366. The van der Waals surface area contributed by atoms with Crippen LogP contribution in [-0.4, -0.2) is 11.3 Å². The van der Waals surface area contributed by atoms with Crippen molar-refractivity contribution in [2.75, 3.05) is 5.32 Å². The number of hydrogen-bond donors (Lipinski definition) is 1. The first-order valence-electron chi connectivity index (χ1n) is 4.78. The van der Waals surface area contributed by atoms with Gasteiger partial charge in [-0.2, -0.15) is 0 Å². The fourth-order valence-corrected chi connectivity index (χ4v) is 1.67. The van der Waals surface area contributed by atoms with E-state index in [1.807, 2.05) is 25.1 Å². The van der Waals surface area contributed by atoms with E-state index in [9.17, 15) is 4.79 Å². The lowest BCUT2D eigenvalue weighted by Crippen LogP contribution is -2.21. The molecule has 2 nitrogen and oxygen atoms in total. The lowest BCUT2D eigenvalue weighted by atomic mass is 10.1. The van der Waals surface area contributed by atoms with Gasteiger partial charge in [-0.1, -0.05) is 22.9 Å². The van der Waals surface area contributed by atoms with Gasteiger partial charge in [-0.3, -0.25) is 4.79 Å². The molecule has 1 N–H and O–H groups in total. The zero-order valence-electron chi connectivity index (χ0n) is 8.68. The standard InChI is InChI=1S/C11H13BrClNO/c1-3-8-6-9(12)4-5-10(8)14-11(15)7(2)13/h4-7H,3H2,1-2H3,(H,14,15)/t7-/m1/s1. The number of rotatable bonds is 3. The molecule has 0 unspecified atom stereocenters. The van der Waals surface area contributed by atoms with Crippen LogP contribution in [0.3, 0.4) is 0 Å². The van der Waals surface area contributed by atoms with Gasteiger partial charge in [0.25, 0.3) is 0 Å². The fourth-order valence-electron chi connectivity index (χ4n) is 1.21. The maximum atomic E-state index is 11.4. The van der Waals surface area contributed by atoms with Crippen molar-refractivity contribution in [2.24, 2.45) is 0 Å². The van der Waals surface area contributed by atoms with Gasteiger partial charge in [0.1, 0.15) is 5.38 Å². The van der Waals surface area contributed by atoms with E-state index in [1.165, 1.54) is 0 Å². The molecule has 1 aromatic carbocycles. The maximum Gasteiger partial charge on any atom is 0.242 e. The Hall–Kier alpha value is -0.540. The summed E-state index contributed by atoms with van der Waals surface area (Å²) in [6, 6.07) is 5.77. The Morgan fingerprint density at radius 3 is 2.80 bits per heavy atom. The van der Waals surface area contributed by atoms with Crippen LogP contribution in [0.15, 0.2) is 22.7 Å². The summed E-state index contributed by atoms with van der Waals surface area (Å²) in [6.45, 7) is 3.70. The summed E-state index contributed by atoms with van der Waals surface area (Å²) < 4.78 is 1.01. The quantitative estimate of drug-likeness (QED) is 0.847. The minimum Gasteiger partial charge on any atom is -0.325 e. The topological polar surface area (TPSA) is 29.1 Å². The van der Waals surface area contributed by atoms with E-state index in [0.29, 0.717) is 0 Å². The lowest BCUT2D eigenvalue weighted by Gasteiger charge is -2.11. The van der Waals surface area contributed by atoms with E-state index < -0.39 is 5.38 Å². The van der Waals surface area contributed by atoms with Crippen molar-refractivity contribution >= 4 is 39.1 Å². The van der Waals surface area contributed by atoms with E-state index in [0.717, 1.165) is 22.1 Å². The zero-order chi connectivity index (χ0) is 11.4. The van der Waals surface area contributed by atoms with Crippen LogP contribution in [0.2, 0.25) is 0 Å². The molecule has 15 heavy (non-hydrogen) atoms. The minimum atomic E-state index is -0.515. The second-order valence-electron chi connectivity index (χ2n) is 3.26. The second kappa shape index (κ2) is 5.52. The summed E-state index contributed by atoms with van der Waals surface area (Å²) in [7, 11) is 0. The number of anilines is 1. The average molecular weight is 291 g/mol. The molecule has 0 saturated heterocycles. The Balaban J connectivity index is 2.89. The van der Waals surface area contributed by atoms with Gasteiger partial charge in [-0.25, -0.2) is 0 Å². The maximum absolute atomic E-state index is 11.4. The van der Waals surface area contributed by atoms with Gasteiger partial charge < -0.3 is 5.32 Å². The highest BCUT2D eigenvalue weighted by atomic mass is 79.9.